The summed E-state index contributed by atoms with van der Waals surface area (Å²) in [4.78, 5) is 0. The van der Waals surface area contributed by atoms with Crippen molar-refractivity contribution in [3.63, 3.8) is 0 Å². The number of aromatic nitrogens is 1. The minimum Gasteiger partial charge on any atom is -0.152 e. The average Bonchev–Trinajstić information content (AvgIpc) is 2.87. The average molecular weight is 322 g/mol. The number of pyridine rings is 1. The Morgan fingerprint density at radius 2 is 1.84 bits per heavy atom. The van der Waals surface area contributed by atoms with Crippen LogP contribution in [0.4, 0.5) is 0 Å². The maximum absolute atomic E-state index is 6.28. The Kier molecular flexibility index (Phi) is 2.77. The van der Waals surface area contributed by atoms with E-state index in [2.05, 4.69) is 62.2 Å². The van der Waals surface area contributed by atoms with E-state index in [0.29, 0.717) is 0 Å². The molecule has 1 aliphatic heterocycles. The number of hydrogen-bond donors (Lipinski definition) is 0. The predicted octanol–water partition coefficient (Wildman–Crippen LogP) is 3.82. The normalized spacial score (nSPS) is 14.9. The standard InChI is InChI=1S/C23H21BN/c1-13-17-8-9-19(24)18-7-5-14-11-15-12-16(23(2,3)4)6-10-20(15)25(13)22(14)21(17)18/h6,8-12H,1,5,7H2,2-4H3/q+1. The quantitative estimate of drug-likeness (QED) is 0.342. The first-order valence-corrected chi connectivity index (χ1v) is 9.00. The second-order valence-corrected chi connectivity index (χ2v) is 8.38. The van der Waals surface area contributed by atoms with Gasteiger partial charge in [-0.25, -0.2) is 0 Å². The second kappa shape index (κ2) is 4.63. The van der Waals surface area contributed by atoms with Crippen LogP contribution in [-0.4, -0.2) is 7.85 Å². The molecule has 5 rings (SSSR count). The number of fused-ring (bicyclic) bond motifs is 2. The Balaban J connectivity index is 1.89. The number of hydrogen-bond acceptors (Lipinski definition) is 0. The molecule has 2 heteroatoms. The van der Waals surface area contributed by atoms with Crippen LogP contribution in [0.5, 0.6) is 0 Å². The zero-order valence-corrected chi connectivity index (χ0v) is 15.1. The number of aryl methyl sites for hydroxylation is 1. The maximum Gasteiger partial charge on any atom is 0.223 e. The molecule has 1 nitrogen and oxygen atoms in total. The van der Waals surface area contributed by atoms with E-state index in [1.54, 1.807) is 0 Å². The fourth-order valence-electron chi connectivity index (χ4n) is 4.43. The molecule has 3 aromatic rings. The Bertz CT molecular complexity index is 1100. The van der Waals surface area contributed by atoms with Gasteiger partial charge in [0.25, 0.3) is 0 Å². The fraction of sp³-hybridized carbons (Fsp3) is 0.261. The molecule has 2 aromatic carbocycles. The van der Waals surface area contributed by atoms with Crippen LogP contribution in [0.25, 0.3) is 27.9 Å². The van der Waals surface area contributed by atoms with Gasteiger partial charge >= 0.3 is 0 Å². The third kappa shape index (κ3) is 1.88. The molecule has 2 aliphatic rings. The van der Waals surface area contributed by atoms with Gasteiger partial charge in [0.2, 0.25) is 16.9 Å². The minimum atomic E-state index is 0.149. The minimum absolute atomic E-state index is 0.149. The van der Waals surface area contributed by atoms with Crippen molar-refractivity contribution < 1.29 is 4.57 Å². The summed E-state index contributed by atoms with van der Waals surface area (Å²) < 4.78 is 2.35. The molecule has 120 valence electrons. The van der Waals surface area contributed by atoms with Gasteiger partial charge in [0.05, 0.1) is 11.1 Å². The molecular weight excluding hydrogens is 301 g/mol. The van der Waals surface area contributed by atoms with E-state index in [1.165, 1.54) is 44.4 Å². The smallest absolute Gasteiger partial charge is 0.152 e. The second-order valence-electron chi connectivity index (χ2n) is 8.38. The van der Waals surface area contributed by atoms with Crippen LogP contribution in [-0.2, 0) is 18.3 Å². The summed E-state index contributed by atoms with van der Waals surface area (Å²) in [5.41, 5.74) is 11.3. The molecule has 0 saturated carbocycles. The van der Waals surface area contributed by atoms with Gasteiger partial charge < -0.3 is 0 Å². The highest BCUT2D eigenvalue weighted by molar-refractivity contribution is 6.34. The molecular formula is C23H21BN+. The molecule has 25 heavy (non-hydrogen) atoms. The fourth-order valence-corrected chi connectivity index (χ4v) is 4.43. The van der Waals surface area contributed by atoms with Crippen molar-refractivity contribution in [3.8, 4) is 11.3 Å². The highest BCUT2D eigenvalue weighted by atomic mass is 15.0. The summed E-state index contributed by atoms with van der Waals surface area (Å²) in [6, 6.07) is 13.4. The molecule has 1 aliphatic carbocycles. The molecule has 0 bridgehead atoms. The molecule has 1 aromatic heterocycles. The van der Waals surface area contributed by atoms with Crippen molar-refractivity contribution in [2.24, 2.45) is 0 Å². The van der Waals surface area contributed by atoms with Crippen LogP contribution in [0.3, 0.4) is 0 Å². The van der Waals surface area contributed by atoms with Gasteiger partial charge in [-0.1, -0.05) is 38.4 Å². The van der Waals surface area contributed by atoms with Crippen molar-refractivity contribution >= 4 is 29.9 Å². The monoisotopic (exact) mass is 322 g/mol. The van der Waals surface area contributed by atoms with Crippen LogP contribution in [0.15, 0.2) is 43.0 Å². The summed E-state index contributed by atoms with van der Waals surface area (Å²) in [7, 11) is 6.28. The van der Waals surface area contributed by atoms with E-state index in [1.807, 2.05) is 6.07 Å². The molecule has 0 unspecified atom stereocenters. The zero-order chi connectivity index (χ0) is 17.5. The van der Waals surface area contributed by atoms with Crippen molar-refractivity contribution in [2.75, 3.05) is 0 Å². The van der Waals surface area contributed by atoms with Gasteiger partial charge in [0.15, 0.2) is 0 Å². The largest absolute Gasteiger partial charge is 0.223 e. The van der Waals surface area contributed by atoms with E-state index < -0.39 is 0 Å². The third-order valence-corrected chi connectivity index (χ3v) is 5.80. The summed E-state index contributed by atoms with van der Waals surface area (Å²) in [5, 5.41) is 1.30. The van der Waals surface area contributed by atoms with Crippen LogP contribution < -0.4 is 10.0 Å². The highest BCUT2D eigenvalue weighted by Gasteiger charge is 2.39. The van der Waals surface area contributed by atoms with Crippen molar-refractivity contribution in [1.29, 1.82) is 0 Å². The van der Waals surface area contributed by atoms with E-state index in [0.717, 1.165) is 24.0 Å². The SMILES string of the molecule is [B]c1ccc2c3c1CCc1cc4cc(C(C)(C)C)ccc4[n+](c1-3)C2=C. The first-order chi connectivity index (χ1) is 11.9. The Morgan fingerprint density at radius 3 is 2.60 bits per heavy atom. The lowest BCUT2D eigenvalue weighted by atomic mass is 9.78. The molecule has 0 atom stereocenters. The van der Waals surface area contributed by atoms with E-state index in [9.17, 15) is 0 Å². The Morgan fingerprint density at radius 1 is 1.04 bits per heavy atom. The summed E-state index contributed by atoms with van der Waals surface area (Å²) in [6.45, 7) is 11.2. The zero-order valence-electron chi connectivity index (χ0n) is 15.1. The van der Waals surface area contributed by atoms with Crippen LogP contribution in [0, 0.1) is 0 Å². The number of benzene rings is 2. The number of nitrogens with zero attached hydrogens (tertiary/aromatic N) is 1. The molecule has 0 amide bonds. The van der Waals surface area contributed by atoms with Gasteiger partial charge in [0.1, 0.15) is 7.85 Å². The van der Waals surface area contributed by atoms with Gasteiger partial charge in [0, 0.05) is 17.0 Å². The molecule has 0 N–H and O–H groups in total. The maximum atomic E-state index is 6.28. The van der Waals surface area contributed by atoms with Gasteiger partial charge in [-0.15, -0.1) is 0 Å². The van der Waals surface area contributed by atoms with E-state index in [-0.39, 0.29) is 5.41 Å². The van der Waals surface area contributed by atoms with E-state index in [4.69, 9.17) is 7.85 Å². The first-order valence-electron chi connectivity index (χ1n) is 9.00. The predicted molar refractivity (Wildman–Crippen MR) is 106 cm³/mol. The van der Waals surface area contributed by atoms with Gasteiger partial charge in [-0.3, -0.25) is 0 Å². The van der Waals surface area contributed by atoms with Crippen molar-refractivity contribution in [2.45, 2.75) is 39.0 Å². The van der Waals surface area contributed by atoms with Crippen LogP contribution in [0.1, 0.15) is 43.0 Å². The summed E-state index contributed by atoms with van der Waals surface area (Å²) in [6.07, 6.45) is 2.05. The lowest BCUT2D eigenvalue weighted by Crippen LogP contribution is -2.34. The van der Waals surface area contributed by atoms with E-state index >= 15 is 0 Å². The summed E-state index contributed by atoms with van der Waals surface area (Å²) in [5.74, 6) is 0. The lowest BCUT2D eigenvalue weighted by molar-refractivity contribution is -0.533. The third-order valence-electron chi connectivity index (χ3n) is 5.80. The topological polar surface area (TPSA) is 3.88 Å². The Labute approximate surface area is 150 Å². The van der Waals surface area contributed by atoms with Crippen molar-refractivity contribution in [3.05, 3.63) is 65.2 Å². The molecule has 0 fully saturated rings. The van der Waals surface area contributed by atoms with Gasteiger partial charge in [-0.2, -0.15) is 4.57 Å². The summed E-state index contributed by atoms with van der Waals surface area (Å²) >= 11 is 0. The molecule has 2 radical (unpaired) electrons. The van der Waals surface area contributed by atoms with Crippen molar-refractivity contribution in [1.82, 2.24) is 0 Å². The van der Waals surface area contributed by atoms with Crippen LogP contribution >= 0.6 is 0 Å². The molecule has 0 spiro atoms. The van der Waals surface area contributed by atoms with Crippen LogP contribution in [0.2, 0.25) is 0 Å². The first kappa shape index (κ1) is 15.0. The molecule has 0 saturated heterocycles. The lowest BCUT2D eigenvalue weighted by Gasteiger charge is -2.20. The Hall–Kier alpha value is -2.35. The van der Waals surface area contributed by atoms with Gasteiger partial charge in [-0.05, 0) is 54.2 Å². The number of rotatable bonds is 0. The highest BCUT2D eigenvalue weighted by Crippen LogP contribution is 2.42. The molecule has 2 heterocycles.